The lowest BCUT2D eigenvalue weighted by Gasteiger charge is -2.06. The Kier molecular flexibility index (Phi) is 4.94. The molecule has 0 spiro atoms. The van der Waals surface area contributed by atoms with Crippen molar-refractivity contribution in [2.45, 2.75) is 6.92 Å². The summed E-state index contributed by atoms with van der Waals surface area (Å²) in [4.78, 5) is 21.0. The van der Waals surface area contributed by atoms with E-state index in [2.05, 4.69) is 15.1 Å². The van der Waals surface area contributed by atoms with Gasteiger partial charge in [-0.1, -0.05) is 23.7 Å². The zero-order valence-corrected chi connectivity index (χ0v) is 16.8. The lowest BCUT2D eigenvalue weighted by atomic mass is 10.1. The molecular formula is C20H18ClN5O3. The molecule has 0 saturated heterocycles. The normalized spacial score (nSPS) is 11.0. The van der Waals surface area contributed by atoms with Crippen LogP contribution in [0.15, 0.2) is 42.7 Å². The number of aryl methyl sites for hydroxylation is 1. The zero-order valence-electron chi connectivity index (χ0n) is 16.1. The molecule has 4 aromatic rings. The van der Waals surface area contributed by atoms with Crippen molar-refractivity contribution in [2.24, 2.45) is 7.05 Å². The van der Waals surface area contributed by atoms with Crippen molar-refractivity contribution in [1.29, 1.82) is 0 Å². The molecule has 0 aliphatic rings. The molecule has 0 atom stereocenters. The first kappa shape index (κ1) is 18.9. The topological polar surface area (TPSA) is 84.1 Å². The quantitative estimate of drug-likeness (QED) is 0.466. The highest BCUT2D eigenvalue weighted by Gasteiger charge is 2.18. The highest BCUT2D eigenvalue weighted by molar-refractivity contribution is 6.30. The Hall–Kier alpha value is -3.39. The van der Waals surface area contributed by atoms with Gasteiger partial charge in [-0.05, 0) is 30.7 Å². The third kappa shape index (κ3) is 3.42. The summed E-state index contributed by atoms with van der Waals surface area (Å²) < 4.78 is 13.9. The third-order valence-corrected chi connectivity index (χ3v) is 4.72. The van der Waals surface area contributed by atoms with Crippen LogP contribution in [0.3, 0.4) is 0 Å². The van der Waals surface area contributed by atoms with E-state index in [0.29, 0.717) is 22.1 Å². The number of rotatable bonds is 5. The molecule has 3 aromatic heterocycles. The predicted octanol–water partition coefficient (Wildman–Crippen LogP) is 3.66. The van der Waals surface area contributed by atoms with Gasteiger partial charge in [0.05, 0.1) is 36.6 Å². The highest BCUT2D eigenvalue weighted by atomic mass is 35.5. The molecule has 0 aliphatic carbocycles. The van der Waals surface area contributed by atoms with Crippen molar-refractivity contribution >= 4 is 28.6 Å². The minimum atomic E-state index is -0.448. The largest absolute Gasteiger partial charge is 0.480 e. The number of ether oxygens (including phenoxy) is 2. The molecular weight excluding hydrogens is 394 g/mol. The van der Waals surface area contributed by atoms with E-state index in [1.807, 2.05) is 41.9 Å². The first-order valence-corrected chi connectivity index (χ1v) is 9.29. The Bertz CT molecular complexity index is 1200. The number of halogens is 1. The summed E-state index contributed by atoms with van der Waals surface area (Å²) in [5, 5.41) is 5.62. The Balaban J connectivity index is 1.82. The lowest BCUT2D eigenvalue weighted by molar-refractivity contribution is 0.0526. The number of aromatic nitrogens is 5. The van der Waals surface area contributed by atoms with E-state index in [1.54, 1.807) is 14.0 Å². The van der Waals surface area contributed by atoms with E-state index < -0.39 is 5.97 Å². The Morgan fingerprint density at radius 3 is 2.66 bits per heavy atom. The first-order valence-electron chi connectivity index (χ1n) is 8.91. The van der Waals surface area contributed by atoms with Crippen LogP contribution in [-0.2, 0) is 11.8 Å². The standard InChI is InChI=1S/C20H18ClN5O3/c1-4-29-19(27)13-10-22-26(11-13)20-23-17-15(18(24-20)28-3)9-16(25(17)2)12-5-7-14(21)8-6-12/h5-11H,4H2,1-3H3. The van der Waals surface area contributed by atoms with Crippen LogP contribution in [0.5, 0.6) is 5.88 Å². The van der Waals surface area contributed by atoms with Gasteiger partial charge in [-0.15, -0.1) is 0 Å². The van der Waals surface area contributed by atoms with Crippen molar-refractivity contribution in [3.05, 3.63) is 53.3 Å². The van der Waals surface area contributed by atoms with Crippen LogP contribution in [-0.4, -0.2) is 44.0 Å². The van der Waals surface area contributed by atoms with E-state index >= 15 is 0 Å². The van der Waals surface area contributed by atoms with Crippen LogP contribution in [0.25, 0.3) is 28.2 Å². The van der Waals surface area contributed by atoms with Crippen molar-refractivity contribution < 1.29 is 14.3 Å². The summed E-state index contributed by atoms with van der Waals surface area (Å²) >= 11 is 6.01. The van der Waals surface area contributed by atoms with E-state index in [9.17, 15) is 4.79 Å². The second-order valence-corrected chi connectivity index (χ2v) is 6.70. The van der Waals surface area contributed by atoms with Gasteiger partial charge in [-0.2, -0.15) is 15.1 Å². The zero-order chi connectivity index (χ0) is 20.5. The van der Waals surface area contributed by atoms with Crippen LogP contribution in [0.1, 0.15) is 17.3 Å². The first-order chi connectivity index (χ1) is 14.0. The molecule has 1 aromatic carbocycles. The second-order valence-electron chi connectivity index (χ2n) is 6.26. The third-order valence-electron chi connectivity index (χ3n) is 4.47. The van der Waals surface area contributed by atoms with Crippen LogP contribution < -0.4 is 4.74 Å². The van der Waals surface area contributed by atoms with Crippen molar-refractivity contribution in [3.63, 3.8) is 0 Å². The van der Waals surface area contributed by atoms with Crippen LogP contribution in [0.2, 0.25) is 5.02 Å². The number of hydrogen-bond donors (Lipinski definition) is 0. The number of nitrogens with zero attached hydrogens (tertiary/aromatic N) is 5. The minimum Gasteiger partial charge on any atom is -0.480 e. The van der Waals surface area contributed by atoms with E-state index in [-0.39, 0.29) is 12.6 Å². The summed E-state index contributed by atoms with van der Waals surface area (Å²) in [5.74, 6) is 0.249. The predicted molar refractivity (Wildman–Crippen MR) is 109 cm³/mol. The SMILES string of the molecule is CCOC(=O)c1cnn(-c2nc(OC)c3cc(-c4ccc(Cl)cc4)n(C)c3n2)c1. The fraction of sp³-hybridized carbons (Fsp3) is 0.200. The number of carbonyl (C=O) groups is 1. The van der Waals surface area contributed by atoms with Gasteiger partial charge in [0.15, 0.2) is 0 Å². The van der Waals surface area contributed by atoms with Crippen LogP contribution in [0.4, 0.5) is 0 Å². The Labute approximate surface area is 171 Å². The van der Waals surface area contributed by atoms with Gasteiger partial charge in [0.2, 0.25) is 5.88 Å². The molecule has 0 unspecified atom stereocenters. The summed E-state index contributed by atoms with van der Waals surface area (Å²) in [6, 6.07) is 9.52. The fourth-order valence-electron chi connectivity index (χ4n) is 3.06. The van der Waals surface area contributed by atoms with Gasteiger partial charge in [0, 0.05) is 18.3 Å². The summed E-state index contributed by atoms with van der Waals surface area (Å²) in [6.07, 6.45) is 2.95. The average Bonchev–Trinajstić information content (AvgIpc) is 3.34. The van der Waals surface area contributed by atoms with Gasteiger partial charge in [0.25, 0.3) is 5.95 Å². The number of carbonyl (C=O) groups excluding carboxylic acids is 1. The van der Waals surface area contributed by atoms with Gasteiger partial charge in [-0.25, -0.2) is 9.48 Å². The fourth-order valence-corrected chi connectivity index (χ4v) is 3.19. The van der Waals surface area contributed by atoms with E-state index in [4.69, 9.17) is 21.1 Å². The number of esters is 1. The van der Waals surface area contributed by atoms with Crippen molar-refractivity contribution in [1.82, 2.24) is 24.3 Å². The molecule has 0 bridgehead atoms. The average molecular weight is 412 g/mol. The van der Waals surface area contributed by atoms with Gasteiger partial charge in [-0.3, -0.25) is 0 Å². The Morgan fingerprint density at radius 1 is 1.21 bits per heavy atom. The van der Waals surface area contributed by atoms with Gasteiger partial charge < -0.3 is 14.0 Å². The maximum Gasteiger partial charge on any atom is 0.341 e. The Morgan fingerprint density at radius 2 is 1.97 bits per heavy atom. The minimum absolute atomic E-state index is 0.286. The van der Waals surface area contributed by atoms with Crippen LogP contribution in [0, 0.1) is 0 Å². The molecule has 148 valence electrons. The summed E-state index contributed by atoms with van der Waals surface area (Å²) in [5.41, 5.74) is 2.92. The monoisotopic (exact) mass is 411 g/mol. The van der Waals surface area contributed by atoms with Gasteiger partial charge >= 0.3 is 5.97 Å². The number of benzene rings is 1. The molecule has 0 fully saturated rings. The maximum absolute atomic E-state index is 11.9. The number of fused-ring (bicyclic) bond motifs is 1. The smallest absolute Gasteiger partial charge is 0.341 e. The highest BCUT2D eigenvalue weighted by Crippen LogP contribution is 2.32. The molecule has 0 aliphatic heterocycles. The molecule has 0 N–H and O–H groups in total. The molecule has 3 heterocycles. The maximum atomic E-state index is 11.9. The van der Waals surface area contributed by atoms with Crippen molar-refractivity contribution in [3.8, 4) is 23.1 Å². The van der Waals surface area contributed by atoms with Gasteiger partial charge in [0.1, 0.15) is 5.65 Å². The number of methoxy groups -OCH3 is 1. The molecule has 4 rings (SSSR count). The van der Waals surface area contributed by atoms with Crippen LogP contribution >= 0.6 is 11.6 Å². The number of hydrogen-bond acceptors (Lipinski definition) is 6. The molecule has 29 heavy (non-hydrogen) atoms. The van der Waals surface area contributed by atoms with Crippen molar-refractivity contribution in [2.75, 3.05) is 13.7 Å². The van der Waals surface area contributed by atoms with E-state index in [0.717, 1.165) is 16.6 Å². The molecule has 8 nitrogen and oxygen atoms in total. The molecule has 9 heteroatoms. The lowest BCUT2D eigenvalue weighted by Crippen LogP contribution is -2.06. The second kappa shape index (κ2) is 7.56. The molecule has 0 amide bonds. The molecule has 0 saturated carbocycles. The van der Waals surface area contributed by atoms with E-state index in [1.165, 1.54) is 17.1 Å². The summed E-state index contributed by atoms with van der Waals surface area (Å²) in [6.45, 7) is 2.04. The summed E-state index contributed by atoms with van der Waals surface area (Å²) in [7, 11) is 3.46. The molecule has 0 radical (unpaired) electrons.